The molecule has 0 saturated heterocycles. The van der Waals surface area contributed by atoms with Crippen LogP contribution in [0.25, 0.3) is 37.1 Å². The first-order chi connectivity index (χ1) is 36.9. The number of unbranched alkanes of at least 4 members (excludes halogenated alkanes) is 3. The van der Waals surface area contributed by atoms with Crippen LogP contribution in [0.3, 0.4) is 0 Å². The third-order valence-corrected chi connectivity index (χ3v) is 14.5. The topological polar surface area (TPSA) is 331 Å². The molecule has 0 bridgehead atoms. The Kier molecular flexibility index (Phi) is 27.3. The summed E-state index contributed by atoms with van der Waals surface area (Å²) in [6, 6.07) is 35.0. The molecule has 26 heteroatoms. The summed E-state index contributed by atoms with van der Waals surface area (Å²) in [5.41, 5.74) is 4.68. The number of ketones is 2. The van der Waals surface area contributed by atoms with E-state index < -0.39 is 63.9 Å². The Morgan fingerprint density at radius 1 is 0.628 bits per heavy atom. The smallest absolute Gasteiger partial charge is 0.425 e. The van der Waals surface area contributed by atoms with Crippen molar-refractivity contribution in [3.05, 3.63) is 167 Å². The number of hydrogen-bond donors (Lipinski definition) is 2. The van der Waals surface area contributed by atoms with Gasteiger partial charge < -0.3 is 5.11 Å². The second-order valence-corrected chi connectivity index (χ2v) is 21.8. The van der Waals surface area contributed by atoms with E-state index in [1.807, 2.05) is 85.8 Å². The van der Waals surface area contributed by atoms with Gasteiger partial charge in [0.05, 0.1) is 5.41 Å². The molecule has 1 unspecified atom stereocenters. The van der Waals surface area contributed by atoms with Crippen LogP contribution in [0.4, 0.5) is 0 Å². The largest absolute Gasteiger partial charge is 0.481 e. The summed E-state index contributed by atoms with van der Waals surface area (Å²) < 4.78 is 137. The number of carbonyl (C=O) groups excluding carboxylic acids is 2. The fourth-order valence-electron chi connectivity index (χ4n) is 8.25. The molecule has 0 fully saturated rings. The maximum absolute atomic E-state index is 14.6. The van der Waals surface area contributed by atoms with Crippen molar-refractivity contribution in [2.24, 2.45) is 5.41 Å². The molecule has 1 aromatic heterocycles. The summed E-state index contributed by atoms with van der Waals surface area (Å²) in [7, 11) is -16.9. The average Bonchev–Trinajstić information content (AvgIpc) is 3.45. The number of rotatable bonds is 17. The first-order valence-corrected chi connectivity index (χ1v) is 30.1. The third kappa shape index (κ3) is 22.1. The van der Waals surface area contributed by atoms with Crippen LogP contribution in [-0.4, -0.2) is 86.1 Å². The van der Waals surface area contributed by atoms with E-state index in [-0.39, 0.29) is 48.6 Å². The van der Waals surface area contributed by atoms with Gasteiger partial charge in [-0.15, -0.1) is 50.5 Å². The summed E-state index contributed by atoms with van der Waals surface area (Å²) in [4.78, 5) is 42.6. The fourth-order valence-corrected chi connectivity index (χ4v) is 11.3. The Balaban J connectivity index is 0.000000882. The lowest BCUT2D eigenvalue weighted by atomic mass is 9.65. The average molecular weight is 1200 g/mol. The molecule has 1 aliphatic carbocycles. The third-order valence-electron chi connectivity index (χ3n) is 11.3. The van der Waals surface area contributed by atoms with Crippen LogP contribution in [0, 0.1) is 5.41 Å². The van der Waals surface area contributed by atoms with Gasteiger partial charge in [0, 0.05) is 57.7 Å². The number of thioether (sulfide) groups is 1. The van der Waals surface area contributed by atoms with Gasteiger partial charge in [0.2, 0.25) is 20.9 Å². The Morgan fingerprint density at radius 3 is 1.77 bits per heavy atom. The zero-order chi connectivity index (χ0) is 58.0. The molecule has 0 radical (unpaired) electrons. The SMILES string of the molecule is CCCC(=O)C1(C(=O)CCCCCCC(=O)O)CC(/C=C/c2cc(-c3ccccc3)[s+]c3ccccc23)=CC(=C/C=C2\C=C(c3ccccc3S(=O)(=O)O)Sc3ccccc32)/C1.O=S(=O)=O.O=S(=O)=O.O=S(=O)=O.O=S(=O)=O. The summed E-state index contributed by atoms with van der Waals surface area (Å²) >= 11 is 3.15. The maximum Gasteiger partial charge on any atom is 0.425 e. The van der Waals surface area contributed by atoms with E-state index in [9.17, 15) is 27.4 Å². The summed E-state index contributed by atoms with van der Waals surface area (Å²) in [5, 5.41) is 10.2. The van der Waals surface area contributed by atoms with Gasteiger partial charge in [-0.25, -0.2) is 0 Å². The van der Waals surface area contributed by atoms with Crippen LogP contribution in [-0.2, 0) is 66.9 Å². The number of fused-ring (bicyclic) bond motifs is 2. The molecule has 7 rings (SSSR count). The monoisotopic (exact) mass is 1200 g/mol. The standard InChI is InChI=1S/C52H48O7S3.4O3S/c1-2-16-49(53)52(50(54)25-8-3-4-9-26-51(55)56)34-36(27-29-39-32-46(38-17-6-5-7-18-38)60-44-22-13-10-19-41(39)44)31-37(35-52)28-30-40-33-47(61-45-23-14-11-20-42(40)45)43-21-12-15-24-48(43)62(57,58)59;4*1-4(2)3/h5-7,10-15,17-24,27-33H,2-4,8-9,16,25-26,34-35H2,1H3,(H-,55,56,57,58,59);;;;/p+1. The first kappa shape index (κ1) is 65.2. The minimum Gasteiger partial charge on any atom is -0.481 e. The summed E-state index contributed by atoms with van der Waals surface area (Å²) in [5.74, 6) is -0.997. The van der Waals surface area contributed by atoms with E-state index in [2.05, 4.69) is 42.5 Å². The molecule has 1 aliphatic heterocycles. The van der Waals surface area contributed by atoms with E-state index in [4.69, 9.17) is 55.6 Å². The minimum atomic E-state index is -4.50. The van der Waals surface area contributed by atoms with Crippen LogP contribution >= 0.6 is 23.1 Å². The molecule has 0 spiro atoms. The molecular formula is C52H49O19S7+. The number of carboxylic acid groups (broad SMARTS) is 1. The highest BCUT2D eigenvalue weighted by molar-refractivity contribution is 8.08. The van der Waals surface area contributed by atoms with Gasteiger partial charge in [-0.2, -0.15) is 8.42 Å². The van der Waals surface area contributed by atoms with Gasteiger partial charge in [-0.1, -0.05) is 129 Å². The number of hydrogen-bond acceptors (Lipinski definition) is 18. The number of benzene rings is 4. The zero-order valence-electron chi connectivity index (χ0n) is 41.1. The molecule has 2 N–H and O–H groups in total. The van der Waals surface area contributed by atoms with Gasteiger partial charge in [0.25, 0.3) is 10.1 Å². The quantitative estimate of drug-likeness (QED) is 0.0379. The van der Waals surface area contributed by atoms with Gasteiger partial charge >= 0.3 is 48.4 Å². The van der Waals surface area contributed by atoms with Crippen LogP contribution in [0.5, 0.6) is 0 Å². The van der Waals surface area contributed by atoms with Crippen LogP contribution in [0.1, 0.15) is 87.8 Å². The fraction of sp³-hybridized carbons (Fsp3) is 0.231. The van der Waals surface area contributed by atoms with Gasteiger partial charge in [-0.05, 0) is 96.4 Å². The van der Waals surface area contributed by atoms with Crippen molar-refractivity contribution in [3.63, 3.8) is 0 Å². The van der Waals surface area contributed by atoms with Crippen molar-refractivity contribution in [2.75, 3.05) is 0 Å². The van der Waals surface area contributed by atoms with Crippen molar-refractivity contribution in [1.29, 1.82) is 0 Å². The Bertz CT molecular complexity index is 3620. The summed E-state index contributed by atoms with van der Waals surface area (Å²) in [6.07, 6.45) is 16.3. The molecule has 412 valence electrons. The number of carbonyl (C=O) groups is 3. The second-order valence-electron chi connectivity index (χ2n) is 16.6. The molecule has 1 atom stereocenters. The van der Waals surface area contributed by atoms with Gasteiger partial charge in [0.1, 0.15) is 16.5 Å². The predicted molar refractivity (Wildman–Crippen MR) is 292 cm³/mol. The molecule has 0 amide bonds. The van der Waals surface area contributed by atoms with Gasteiger partial charge in [0.15, 0.2) is 0 Å². The van der Waals surface area contributed by atoms with Crippen molar-refractivity contribution < 1.29 is 83.0 Å². The van der Waals surface area contributed by atoms with Crippen LogP contribution in [0.2, 0.25) is 0 Å². The molecule has 19 nitrogen and oxygen atoms in total. The number of Topliss-reactive ketones (excluding diaryl/α,β-unsaturated/α-hetero) is 2. The number of aliphatic carboxylic acids is 1. The highest BCUT2D eigenvalue weighted by atomic mass is 32.2. The minimum absolute atomic E-state index is 0.0739. The van der Waals surface area contributed by atoms with E-state index >= 15 is 0 Å². The highest BCUT2D eigenvalue weighted by Crippen LogP contribution is 2.47. The Hall–Kier alpha value is -7.04. The number of allylic oxidation sites excluding steroid dienone is 8. The Morgan fingerprint density at radius 2 is 1.17 bits per heavy atom. The maximum atomic E-state index is 14.6. The second kappa shape index (κ2) is 32.6. The van der Waals surface area contributed by atoms with Crippen LogP contribution in [0.15, 0.2) is 161 Å². The van der Waals surface area contributed by atoms with E-state index in [0.717, 1.165) is 53.3 Å². The lowest BCUT2D eigenvalue weighted by Crippen LogP contribution is -2.41. The Labute approximate surface area is 463 Å². The van der Waals surface area contributed by atoms with E-state index in [0.29, 0.717) is 42.6 Å². The molecular weight excluding hydrogens is 1150 g/mol. The van der Waals surface area contributed by atoms with Crippen molar-refractivity contribution in [2.45, 2.75) is 80.9 Å². The summed E-state index contributed by atoms with van der Waals surface area (Å²) in [6.45, 7) is 1.95. The van der Waals surface area contributed by atoms with Gasteiger partial charge in [-0.3, -0.25) is 18.9 Å². The molecule has 4 aromatic carbocycles. The molecule has 0 saturated carbocycles. The van der Waals surface area contributed by atoms with Crippen molar-refractivity contribution >= 4 is 120 Å². The van der Waals surface area contributed by atoms with Crippen LogP contribution < -0.4 is 0 Å². The van der Waals surface area contributed by atoms with Crippen molar-refractivity contribution in [3.8, 4) is 10.4 Å². The normalized spacial score (nSPS) is 15.4. The van der Waals surface area contributed by atoms with E-state index in [1.165, 1.54) is 17.8 Å². The van der Waals surface area contributed by atoms with Crippen molar-refractivity contribution in [1.82, 2.24) is 0 Å². The zero-order valence-corrected chi connectivity index (χ0v) is 46.8. The lowest BCUT2D eigenvalue weighted by Gasteiger charge is -2.35. The molecule has 2 aliphatic rings. The molecule has 2 heterocycles. The predicted octanol–water partition coefficient (Wildman–Crippen LogP) is 9.32. The lowest BCUT2D eigenvalue weighted by molar-refractivity contribution is -0.141. The molecule has 78 heavy (non-hydrogen) atoms. The molecule has 5 aromatic rings. The highest BCUT2D eigenvalue weighted by Gasteiger charge is 2.46. The first-order valence-electron chi connectivity index (χ1n) is 23.0. The van der Waals surface area contributed by atoms with E-state index in [1.54, 1.807) is 29.5 Å². The number of carboxylic acids is 1.